The number of nitrogens with zero attached hydrogens (tertiary/aromatic N) is 1. The molecule has 0 atom stereocenters. The van der Waals surface area contributed by atoms with E-state index in [-0.39, 0.29) is 0 Å². The highest BCUT2D eigenvalue weighted by Crippen LogP contribution is 2.00. The predicted octanol–water partition coefficient (Wildman–Crippen LogP) is 1.02. The van der Waals surface area contributed by atoms with Crippen LogP contribution in [0, 0.1) is 13.8 Å². The molecule has 2 heteroatoms. The van der Waals surface area contributed by atoms with Crippen molar-refractivity contribution in [1.29, 1.82) is 0 Å². The Bertz CT molecular complexity index is 236. The van der Waals surface area contributed by atoms with Crippen LogP contribution in [0.4, 0.5) is 0 Å². The lowest BCUT2D eigenvalue weighted by Gasteiger charge is -1.90. The van der Waals surface area contributed by atoms with E-state index in [0.29, 0.717) is 0 Å². The first-order valence-electron chi connectivity index (χ1n) is 3.71. The van der Waals surface area contributed by atoms with Crippen LogP contribution in [0.5, 0.6) is 0 Å². The van der Waals surface area contributed by atoms with Gasteiger partial charge in [0.2, 0.25) is 0 Å². The summed E-state index contributed by atoms with van der Waals surface area (Å²) in [5.74, 6) is 1.23. The fraction of sp³-hybridized carbons (Fsp3) is 0.625. The van der Waals surface area contributed by atoms with Crippen LogP contribution in [0.2, 0.25) is 0 Å². The molecule has 56 valence electrons. The second kappa shape index (κ2) is 2.45. The van der Waals surface area contributed by atoms with Gasteiger partial charge in [-0.25, -0.2) is 9.55 Å². The monoisotopic (exact) mass is 139 g/mol. The third-order valence-electron chi connectivity index (χ3n) is 2.04. The number of aromatic amines is 1. The zero-order chi connectivity index (χ0) is 7.72. The van der Waals surface area contributed by atoms with Gasteiger partial charge in [-0.15, -0.1) is 0 Å². The van der Waals surface area contributed by atoms with Crippen LogP contribution in [0.1, 0.15) is 24.1 Å². The number of H-pyrrole nitrogens is 1. The summed E-state index contributed by atoms with van der Waals surface area (Å²) < 4.78 is 2.20. The number of aryl methyl sites for hydroxylation is 2. The minimum atomic E-state index is 1.10. The van der Waals surface area contributed by atoms with Crippen LogP contribution in [-0.2, 0) is 13.5 Å². The maximum atomic E-state index is 3.29. The molecule has 0 fully saturated rings. The van der Waals surface area contributed by atoms with Gasteiger partial charge in [0.25, 0.3) is 5.82 Å². The van der Waals surface area contributed by atoms with Gasteiger partial charge in [-0.1, -0.05) is 6.92 Å². The van der Waals surface area contributed by atoms with E-state index < -0.39 is 0 Å². The van der Waals surface area contributed by atoms with Crippen molar-refractivity contribution in [2.75, 3.05) is 0 Å². The minimum absolute atomic E-state index is 1.10. The van der Waals surface area contributed by atoms with Crippen molar-refractivity contribution in [2.45, 2.75) is 27.2 Å². The molecule has 2 nitrogen and oxygen atoms in total. The Morgan fingerprint density at radius 2 is 2.00 bits per heavy atom. The molecule has 0 saturated carbocycles. The molecular weight excluding hydrogens is 124 g/mol. The Kier molecular flexibility index (Phi) is 1.79. The van der Waals surface area contributed by atoms with Gasteiger partial charge in [0.05, 0.1) is 7.05 Å². The Hall–Kier alpha value is -0.790. The van der Waals surface area contributed by atoms with Crippen molar-refractivity contribution in [1.82, 2.24) is 4.98 Å². The Morgan fingerprint density at radius 1 is 1.40 bits per heavy atom. The molecule has 0 aliphatic rings. The summed E-state index contributed by atoms with van der Waals surface area (Å²) in [6.07, 6.45) is 1.10. The van der Waals surface area contributed by atoms with Gasteiger partial charge in [-0.05, 0) is 0 Å². The van der Waals surface area contributed by atoms with Gasteiger partial charge in [0.15, 0.2) is 0 Å². The highest BCUT2D eigenvalue weighted by molar-refractivity contribution is 5.04. The van der Waals surface area contributed by atoms with Crippen molar-refractivity contribution in [3.63, 3.8) is 0 Å². The first-order chi connectivity index (χ1) is 4.66. The van der Waals surface area contributed by atoms with E-state index in [2.05, 4.69) is 37.4 Å². The minimum Gasteiger partial charge on any atom is -0.245 e. The van der Waals surface area contributed by atoms with E-state index in [1.165, 1.54) is 17.2 Å². The summed E-state index contributed by atoms with van der Waals surface area (Å²) in [6, 6.07) is 0. The molecule has 1 aromatic rings. The first-order valence-corrected chi connectivity index (χ1v) is 3.71. The first kappa shape index (κ1) is 7.32. The zero-order valence-corrected chi connectivity index (χ0v) is 7.15. The highest BCUT2D eigenvalue weighted by atomic mass is 15.1. The fourth-order valence-corrected chi connectivity index (χ4v) is 1.38. The molecule has 0 aromatic carbocycles. The van der Waals surface area contributed by atoms with Crippen LogP contribution in [0.3, 0.4) is 0 Å². The van der Waals surface area contributed by atoms with Crippen molar-refractivity contribution in [3.8, 4) is 0 Å². The van der Waals surface area contributed by atoms with E-state index >= 15 is 0 Å². The number of nitrogens with one attached hydrogen (secondary N) is 1. The van der Waals surface area contributed by atoms with Crippen LogP contribution in [0.15, 0.2) is 0 Å². The number of rotatable bonds is 1. The molecule has 0 saturated heterocycles. The average Bonchev–Trinajstić information content (AvgIpc) is 2.09. The Balaban J connectivity index is 3.20. The molecule has 1 N–H and O–H groups in total. The zero-order valence-electron chi connectivity index (χ0n) is 7.15. The van der Waals surface area contributed by atoms with Gasteiger partial charge >= 0.3 is 0 Å². The predicted molar refractivity (Wildman–Crippen MR) is 40.8 cm³/mol. The smallest absolute Gasteiger partial charge is 0.245 e. The summed E-state index contributed by atoms with van der Waals surface area (Å²) in [4.78, 5) is 3.29. The van der Waals surface area contributed by atoms with Crippen molar-refractivity contribution < 1.29 is 4.57 Å². The molecule has 0 bridgehead atoms. The third kappa shape index (κ3) is 0.939. The number of aromatic nitrogens is 2. The largest absolute Gasteiger partial charge is 0.251 e. The van der Waals surface area contributed by atoms with E-state index in [9.17, 15) is 0 Å². The summed E-state index contributed by atoms with van der Waals surface area (Å²) in [7, 11) is 2.09. The van der Waals surface area contributed by atoms with Crippen LogP contribution >= 0.6 is 0 Å². The number of hydrogen-bond acceptors (Lipinski definition) is 0. The standard InChI is InChI=1S/C8H14N2/c1-5-8-6(2)9-7(3)10(8)4/h5H2,1-4H3/p+1. The van der Waals surface area contributed by atoms with E-state index in [0.717, 1.165) is 6.42 Å². The Labute approximate surface area is 61.9 Å². The highest BCUT2D eigenvalue weighted by Gasteiger charge is 2.12. The van der Waals surface area contributed by atoms with E-state index in [4.69, 9.17) is 0 Å². The van der Waals surface area contributed by atoms with Gasteiger partial charge in [0, 0.05) is 20.3 Å². The maximum Gasteiger partial charge on any atom is 0.251 e. The lowest BCUT2D eigenvalue weighted by molar-refractivity contribution is -0.683. The molecule has 1 heterocycles. The second-order valence-corrected chi connectivity index (χ2v) is 2.69. The average molecular weight is 139 g/mol. The molecule has 0 aliphatic heterocycles. The lowest BCUT2D eigenvalue weighted by Crippen LogP contribution is -2.33. The van der Waals surface area contributed by atoms with Crippen molar-refractivity contribution >= 4 is 0 Å². The van der Waals surface area contributed by atoms with Gasteiger partial charge in [0.1, 0.15) is 11.4 Å². The fourth-order valence-electron chi connectivity index (χ4n) is 1.38. The van der Waals surface area contributed by atoms with Gasteiger partial charge in [-0.3, -0.25) is 0 Å². The van der Waals surface area contributed by atoms with Crippen LogP contribution in [0.25, 0.3) is 0 Å². The normalized spacial score (nSPS) is 10.4. The molecule has 0 radical (unpaired) electrons. The molecule has 0 spiro atoms. The number of imidazole rings is 1. The molecular formula is C8H15N2+. The third-order valence-corrected chi connectivity index (χ3v) is 2.04. The van der Waals surface area contributed by atoms with Crippen molar-refractivity contribution in [3.05, 3.63) is 17.2 Å². The van der Waals surface area contributed by atoms with Crippen LogP contribution in [-0.4, -0.2) is 4.98 Å². The molecule has 0 aliphatic carbocycles. The number of hydrogen-bond donors (Lipinski definition) is 1. The molecule has 0 unspecified atom stereocenters. The van der Waals surface area contributed by atoms with Crippen molar-refractivity contribution in [2.24, 2.45) is 7.05 Å². The van der Waals surface area contributed by atoms with Gasteiger partial charge < -0.3 is 0 Å². The van der Waals surface area contributed by atoms with E-state index in [1.807, 2.05) is 0 Å². The molecule has 0 amide bonds. The van der Waals surface area contributed by atoms with Crippen LogP contribution < -0.4 is 4.57 Å². The Morgan fingerprint density at radius 3 is 2.20 bits per heavy atom. The maximum absolute atomic E-state index is 3.29. The second-order valence-electron chi connectivity index (χ2n) is 2.69. The van der Waals surface area contributed by atoms with Gasteiger partial charge in [-0.2, -0.15) is 0 Å². The topological polar surface area (TPSA) is 19.7 Å². The van der Waals surface area contributed by atoms with E-state index in [1.54, 1.807) is 0 Å². The summed E-state index contributed by atoms with van der Waals surface area (Å²) in [5, 5.41) is 0. The molecule has 1 rings (SSSR count). The quantitative estimate of drug-likeness (QED) is 0.560. The summed E-state index contributed by atoms with van der Waals surface area (Å²) >= 11 is 0. The summed E-state index contributed by atoms with van der Waals surface area (Å²) in [6.45, 7) is 6.38. The lowest BCUT2D eigenvalue weighted by atomic mass is 10.3. The molecule has 1 aromatic heterocycles. The molecule has 10 heavy (non-hydrogen) atoms. The summed E-state index contributed by atoms with van der Waals surface area (Å²) in [5.41, 5.74) is 2.69. The SMILES string of the molecule is CCc1c(C)[nH]c(C)[n+]1C.